The number of halogens is 2. The fraction of sp³-hybridized carbons (Fsp3) is 0.750. The number of likely N-dealkylation sites (N-methyl/N-ethyl adjacent to an activating group) is 2. The van der Waals surface area contributed by atoms with Crippen LogP contribution in [0.3, 0.4) is 0 Å². The van der Waals surface area contributed by atoms with Gasteiger partial charge in [0.2, 0.25) is 0 Å². The molecule has 0 saturated heterocycles. The summed E-state index contributed by atoms with van der Waals surface area (Å²) in [6, 6.07) is 0. The topological polar surface area (TPSA) is 6.48 Å². The van der Waals surface area contributed by atoms with Crippen LogP contribution in [0, 0.1) is 14.9 Å². The molecule has 0 radical (unpaired) electrons. The van der Waals surface area contributed by atoms with E-state index in [-0.39, 0.29) is 14.9 Å². The average molecular weight is 487 g/mol. The molecule has 0 atom stereocenters. The Morgan fingerprint density at radius 2 is 1.15 bits per heavy atom. The van der Waals surface area contributed by atoms with Crippen LogP contribution in [-0.4, -0.2) is 51.1 Å². The van der Waals surface area contributed by atoms with E-state index >= 15 is 0 Å². The van der Waals surface area contributed by atoms with Gasteiger partial charge in [-0.2, -0.15) is 0 Å². The first-order valence-electron chi connectivity index (χ1n) is 3.16. The molecule has 0 heterocycles. The second-order valence-corrected chi connectivity index (χ2v) is 5.09. The molecule has 0 unspecified atom stereocenters. The molecule has 0 saturated carbocycles. The van der Waals surface area contributed by atoms with Gasteiger partial charge in [-0.15, -0.1) is 0 Å². The molecular formula is C8H22FIN2Pt. The molecule has 0 amide bonds. The standard InChI is InChI=1S/C6H16N2.2CH3.FH.HI.Pt/c1-7(2)5-6-8(3)4;;;;;/h5-6H2,1-4H3;2*1H3;2*1H;/q;2*-1;;;+4/p-2. The first-order chi connectivity index (χ1) is 5.04. The quantitative estimate of drug-likeness (QED) is 0.446. The van der Waals surface area contributed by atoms with Crippen LogP contribution < -0.4 is 0 Å². The van der Waals surface area contributed by atoms with Crippen molar-refractivity contribution in [1.29, 1.82) is 0 Å². The monoisotopic (exact) mass is 487 g/mol. The van der Waals surface area contributed by atoms with Crippen LogP contribution in [0.5, 0.6) is 0 Å². The Balaban J connectivity index is -0.0000000720. The zero-order valence-corrected chi connectivity index (χ0v) is 13.8. The van der Waals surface area contributed by atoms with E-state index in [9.17, 15) is 3.16 Å². The molecule has 2 nitrogen and oxygen atoms in total. The van der Waals surface area contributed by atoms with Crippen LogP contribution in [0.2, 0.25) is 0 Å². The number of hydrogen-bond acceptors (Lipinski definition) is 2. The van der Waals surface area contributed by atoms with Crippen molar-refractivity contribution in [3.63, 3.8) is 0 Å². The van der Waals surface area contributed by atoms with Crippen molar-refractivity contribution in [2.24, 2.45) is 0 Å². The fourth-order valence-corrected chi connectivity index (χ4v) is 0.400. The Kier molecular flexibility index (Phi) is 34.7. The minimum absolute atomic E-state index is 0. The summed E-state index contributed by atoms with van der Waals surface area (Å²) in [5, 5.41) is 0. The molecule has 0 aliphatic rings. The molecule has 13 heavy (non-hydrogen) atoms. The van der Waals surface area contributed by atoms with Gasteiger partial charge in [0, 0.05) is 13.1 Å². The van der Waals surface area contributed by atoms with E-state index in [1.54, 1.807) is 19.4 Å². The van der Waals surface area contributed by atoms with Crippen LogP contribution in [-0.2, 0) is 15.4 Å². The van der Waals surface area contributed by atoms with Gasteiger partial charge in [0.1, 0.15) is 0 Å². The Labute approximate surface area is 103 Å². The summed E-state index contributed by atoms with van der Waals surface area (Å²) in [5.74, 6) is 0. The molecule has 0 aliphatic heterocycles. The second kappa shape index (κ2) is 18.9. The van der Waals surface area contributed by atoms with Crippen molar-refractivity contribution in [3.8, 4) is 0 Å². The molecule has 0 aromatic rings. The summed E-state index contributed by atoms with van der Waals surface area (Å²) in [7, 11) is 8.35. The fourth-order valence-electron chi connectivity index (χ4n) is 0.400. The molecular weight excluding hydrogens is 465 g/mol. The van der Waals surface area contributed by atoms with Gasteiger partial charge in [-0.25, -0.2) is 0 Å². The van der Waals surface area contributed by atoms with Gasteiger partial charge in [0.25, 0.3) is 0 Å². The maximum absolute atomic E-state index is 10.4. The SMILES string of the molecule is CN(C)CCN(C)C.[CH3-].[CH3-].[F][Pt+2][I]. The van der Waals surface area contributed by atoms with Gasteiger partial charge in [-0.05, 0) is 28.2 Å². The second-order valence-electron chi connectivity index (χ2n) is 2.65. The molecule has 0 spiro atoms. The normalized spacial score (nSPS) is 8.62. The first-order valence-corrected chi connectivity index (χ1v) is 10.5. The van der Waals surface area contributed by atoms with Crippen LogP contribution in [0.1, 0.15) is 0 Å². The zero-order chi connectivity index (χ0) is 9.28. The summed E-state index contributed by atoms with van der Waals surface area (Å²) in [5.41, 5.74) is 0. The third kappa shape index (κ3) is 42.9. The van der Waals surface area contributed by atoms with E-state index < -0.39 is 15.4 Å². The molecule has 5 heteroatoms. The third-order valence-corrected chi connectivity index (χ3v) is 0.994. The van der Waals surface area contributed by atoms with E-state index in [4.69, 9.17) is 0 Å². The predicted octanol–water partition coefficient (Wildman–Crippen LogP) is 2.31. The zero-order valence-electron chi connectivity index (χ0n) is 9.38. The van der Waals surface area contributed by atoms with Gasteiger partial charge >= 0.3 is 37.9 Å². The molecule has 0 fully saturated rings. The van der Waals surface area contributed by atoms with E-state index in [2.05, 4.69) is 38.0 Å². The van der Waals surface area contributed by atoms with Crippen LogP contribution in [0.4, 0.5) is 3.16 Å². The molecule has 0 bridgehead atoms. The summed E-state index contributed by atoms with van der Waals surface area (Å²) in [6.45, 7) is 2.29. The number of hydrogen-bond donors (Lipinski definition) is 0. The summed E-state index contributed by atoms with van der Waals surface area (Å²) in [4.78, 5) is 4.36. The van der Waals surface area contributed by atoms with Crippen molar-refractivity contribution in [1.82, 2.24) is 9.80 Å². The minimum atomic E-state index is -0.947. The summed E-state index contributed by atoms with van der Waals surface area (Å²) in [6.07, 6.45) is 0. The Morgan fingerprint density at radius 1 is 1.00 bits per heavy atom. The van der Waals surface area contributed by atoms with Crippen molar-refractivity contribution in [2.45, 2.75) is 0 Å². The van der Waals surface area contributed by atoms with E-state index in [1.807, 2.05) is 0 Å². The van der Waals surface area contributed by atoms with Crippen LogP contribution >= 0.6 is 19.4 Å². The maximum atomic E-state index is 10.4. The van der Waals surface area contributed by atoms with Crippen LogP contribution in [0.25, 0.3) is 0 Å². The summed E-state index contributed by atoms with van der Waals surface area (Å²) < 4.78 is 10.4. The molecule has 0 aromatic carbocycles. The van der Waals surface area contributed by atoms with E-state index in [1.165, 1.54) is 0 Å². The van der Waals surface area contributed by atoms with Crippen molar-refractivity contribution in [2.75, 3.05) is 41.3 Å². The van der Waals surface area contributed by atoms with Crippen LogP contribution in [0.15, 0.2) is 0 Å². The van der Waals surface area contributed by atoms with Crippen molar-refractivity contribution in [3.05, 3.63) is 14.9 Å². The van der Waals surface area contributed by atoms with Crippen molar-refractivity contribution < 1.29 is 18.6 Å². The Morgan fingerprint density at radius 3 is 1.23 bits per heavy atom. The Bertz CT molecular complexity index is 67.2. The van der Waals surface area contributed by atoms with Gasteiger partial charge in [0.05, 0.1) is 0 Å². The molecule has 0 aromatic heterocycles. The predicted molar refractivity (Wildman–Crippen MR) is 65.1 cm³/mol. The van der Waals surface area contributed by atoms with Gasteiger partial charge in [0.15, 0.2) is 0 Å². The third-order valence-electron chi connectivity index (χ3n) is 0.994. The van der Waals surface area contributed by atoms with Gasteiger partial charge < -0.3 is 24.7 Å². The van der Waals surface area contributed by atoms with E-state index in [0.717, 1.165) is 13.1 Å². The average Bonchev–Trinajstić information content (AvgIpc) is 1.85. The molecule has 0 aliphatic carbocycles. The number of nitrogens with zero attached hydrogens (tertiary/aromatic N) is 2. The van der Waals surface area contributed by atoms with E-state index in [0.29, 0.717) is 0 Å². The summed E-state index contributed by atoms with van der Waals surface area (Å²) >= 11 is 0.786. The molecule has 88 valence electrons. The molecule has 0 N–H and O–H groups in total. The van der Waals surface area contributed by atoms with Gasteiger partial charge in [-0.3, -0.25) is 0 Å². The molecule has 0 rings (SSSR count). The number of rotatable bonds is 3. The van der Waals surface area contributed by atoms with Gasteiger partial charge in [-0.1, -0.05) is 0 Å². The first kappa shape index (κ1) is 23.8. The Hall–Kier alpha value is 1.27. The van der Waals surface area contributed by atoms with Crippen molar-refractivity contribution >= 4 is 19.4 Å².